The molecule has 1 fully saturated rings. The number of aryl methyl sites for hydroxylation is 3. The van der Waals surface area contributed by atoms with E-state index in [9.17, 15) is 0 Å². The molecule has 20 heavy (non-hydrogen) atoms. The smallest absolute Gasteiger partial charge is 0.160 e. The van der Waals surface area contributed by atoms with Gasteiger partial charge < -0.3 is 4.57 Å². The molecule has 1 saturated carbocycles. The van der Waals surface area contributed by atoms with E-state index in [-0.39, 0.29) is 0 Å². The van der Waals surface area contributed by atoms with Gasteiger partial charge in [0.2, 0.25) is 0 Å². The molecule has 0 amide bonds. The van der Waals surface area contributed by atoms with Crippen molar-refractivity contribution in [1.82, 2.24) is 14.5 Å². The molecular weight excluding hydrogens is 270 g/mol. The van der Waals surface area contributed by atoms with Crippen LogP contribution in [0.3, 0.4) is 0 Å². The first-order valence-electron chi connectivity index (χ1n) is 7.65. The van der Waals surface area contributed by atoms with E-state index in [4.69, 9.17) is 16.6 Å². The van der Waals surface area contributed by atoms with Crippen molar-refractivity contribution in [2.75, 3.05) is 5.88 Å². The zero-order valence-corrected chi connectivity index (χ0v) is 12.9. The molecule has 108 valence electrons. The van der Waals surface area contributed by atoms with Crippen LogP contribution in [0.2, 0.25) is 0 Å². The highest BCUT2D eigenvalue weighted by Gasteiger charge is 2.17. The fourth-order valence-corrected chi connectivity index (χ4v) is 3.45. The van der Waals surface area contributed by atoms with E-state index in [1.807, 2.05) is 6.20 Å². The molecule has 3 nitrogen and oxygen atoms in total. The molecule has 0 saturated heterocycles. The van der Waals surface area contributed by atoms with Gasteiger partial charge in [0.25, 0.3) is 0 Å². The number of pyridine rings is 1. The van der Waals surface area contributed by atoms with E-state index in [1.165, 1.54) is 32.1 Å². The van der Waals surface area contributed by atoms with E-state index >= 15 is 0 Å². The molecule has 1 aliphatic rings. The standard InChI is InChI=1S/C16H22ClN3/c1-12-10-14-16(18-11-12)20(15(19-14)6-8-17)9-7-13-4-2-3-5-13/h10-11,13H,2-9H2,1H3. The first kappa shape index (κ1) is 13.9. The summed E-state index contributed by atoms with van der Waals surface area (Å²) in [5.41, 5.74) is 3.20. The number of imidazole rings is 1. The third kappa shape index (κ3) is 2.83. The second kappa shape index (κ2) is 6.13. The number of hydrogen-bond donors (Lipinski definition) is 0. The molecule has 2 aromatic rings. The van der Waals surface area contributed by atoms with Gasteiger partial charge in [-0.05, 0) is 30.9 Å². The molecule has 0 spiro atoms. The van der Waals surface area contributed by atoms with Gasteiger partial charge in [-0.2, -0.15) is 0 Å². The zero-order valence-electron chi connectivity index (χ0n) is 12.1. The zero-order chi connectivity index (χ0) is 13.9. The van der Waals surface area contributed by atoms with Gasteiger partial charge in [-0.3, -0.25) is 0 Å². The minimum Gasteiger partial charge on any atom is -0.313 e. The summed E-state index contributed by atoms with van der Waals surface area (Å²) in [5.74, 6) is 2.60. The molecule has 1 aliphatic carbocycles. The van der Waals surface area contributed by atoms with Crippen LogP contribution in [0.15, 0.2) is 12.3 Å². The molecule has 0 radical (unpaired) electrons. The predicted octanol–water partition coefficient (Wildman–Crippen LogP) is 4.10. The molecule has 4 heteroatoms. The Bertz CT molecular complexity index is 585. The van der Waals surface area contributed by atoms with Crippen molar-refractivity contribution in [2.24, 2.45) is 5.92 Å². The quantitative estimate of drug-likeness (QED) is 0.777. The van der Waals surface area contributed by atoms with Gasteiger partial charge in [0, 0.05) is 25.0 Å². The average molecular weight is 292 g/mol. The van der Waals surface area contributed by atoms with Crippen molar-refractivity contribution in [2.45, 2.75) is 52.0 Å². The Hall–Kier alpha value is -1.09. The van der Waals surface area contributed by atoms with Gasteiger partial charge in [0.15, 0.2) is 5.65 Å². The van der Waals surface area contributed by atoms with Crippen LogP contribution in [-0.4, -0.2) is 20.4 Å². The third-order valence-corrected chi connectivity index (χ3v) is 4.54. The second-order valence-corrected chi connectivity index (χ2v) is 6.29. The third-order valence-electron chi connectivity index (χ3n) is 4.35. The van der Waals surface area contributed by atoms with Gasteiger partial charge >= 0.3 is 0 Å². The van der Waals surface area contributed by atoms with Gasteiger partial charge in [-0.1, -0.05) is 25.7 Å². The number of hydrogen-bond acceptors (Lipinski definition) is 2. The molecule has 0 aromatic carbocycles. The number of rotatable bonds is 5. The number of halogens is 1. The minimum absolute atomic E-state index is 0.617. The average Bonchev–Trinajstić information content (AvgIpc) is 3.04. The number of alkyl halides is 1. The van der Waals surface area contributed by atoms with Crippen LogP contribution in [0, 0.1) is 12.8 Å². The molecule has 0 aliphatic heterocycles. The number of aromatic nitrogens is 3. The largest absolute Gasteiger partial charge is 0.313 e. The summed E-state index contributed by atoms with van der Waals surface area (Å²) >= 11 is 5.92. The Balaban J connectivity index is 1.87. The highest BCUT2D eigenvalue weighted by molar-refractivity contribution is 6.17. The van der Waals surface area contributed by atoms with Crippen molar-refractivity contribution in [3.05, 3.63) is 23.7 Å². The lowest BCUT2D eigenvalue weighted by molar-refractivity contribution is 0.456. The molecule has 0 bridgehead atoms. The highest BCUT2D eigenvalue weighted by atomic mass is 35.5. The summed E-state index contributed by atoms with van der Waals surface area (Å²) < 4.78 is 2.29. The molecular formula is C16H22ClN3. The molecule has 2 heterocycles. The summed E-state index contributed by atoms with van der Waals surface area (Å²) in [5, 5.41) is 0. The number of nitrogens with zero attached hydrogens (tertiary/aromatic N) is 3. The van der Waals surface area contributed by atoms with Crippen molar-refractivity contribution in [3.63, 3.8) is 0 Å². The van der Waals surface area contributed by atoms with Crippen LogP contribution in [-0.2, 0) is 13.0 Å². The van der Waals surface area contributed by atoms with Crippen LogP contribution in [0.1, 0.15) is 43.5 Å². The highest BCUT2D eigenvalue weighted by Crippen LogP contribution is 2.28. The van der Waals surface area contributed by atoms with Crippen molar-refractivity contribution < 1.29 is 0 Å². The molecule has 0 unspecified atom stereocenters. The summed E-state index contributed by atoms with van der Waals surface area (Å²) in [6.45, 7) is 3.09. The molecule has 0 atom stereocenters. The lowest BCUT2D eigenvalue weighted by Crippen LogP contribution is -2.08. The van der Waals surface area contributed by atoms with Gasteiger partial charge in [0.1, 0.15) is 11.3 Å². The fraction of sp³-hybridized carbons (Fsp3) is 0.625. The monoisotopic (exact) mass is 291 g/mol. The van der Waals surface area contributed by atoms with Crippen molar-refractivity contribution in [1.29, 1.82) is 0 Å². The summed E-state index contributed by atoms with van der Waals surface area (Å²) in [6, 6.07) is 2.12. The van der Waals surface area contributed by atoms with Crippen LogP contribution >= 0.6 is 11.6 Å². The Labute approximate surface area is 125 Å². The Morgan fingerprint density at radius 3 is 2.90 bits per heavy atom. The van der Waals surface area contributed by atoms with Gasteiger partial charge in [-0.15, -0.1) is 11.6 Å². The van der Waals surface area contributed by atoms with Gasteiger partial charge in [-0.25, -0.2) is 9.97 Å². The van der Waals surface area contributed by atoms with E-state index in [2.05, 4.69) is 22.5 Å². The van der Waals surface area contributed by atoms with E-state index in [0.29, 0.717) is 5.88 Å². The maximum absolute atomic E-state index is 5.92. The fourth-order valence-electron chi connectivity index (χ4n) is 3.28. The Morgan fingerprint density at radius 1 is 1.35 bits per heavy atom. The summed E-state index contributed by atoms with van der Waals surface area (Å²) in [4.78, 5) is 9.31. The second-order valence-electron chi connectivity index (χ2n) is 5.91. The topological polar surface area (TPSA) is 30.7 Å². The van der Waals surface area contributed by atoms with E-state index in [0.717, 1.165) is 41.4 Å². The predicted molar refractivity (Wildman–Crippen MR) is 83.3 cm³/mol. The number of fused-ring (bicyclic) bond motifs is 1. The first-order valence-corrected chi connectivity index (χ1v) is 8.19. The van der Waals surface area contributed by atoms with Crippen LogP contribution < -0.4 is 0 Å². The van der Waals surface area contributed by atoms with E-state index < -0.39 is 0 Å². The minimum atomic E-state index is 0.617. The lowest BCUT2D eigenvalue weighted by Gasteiger charge is -2.12. The Kier molecular flexibility index (Phi) is 4.25. The maximum Gasteiger partial charge on any atom is 0.160 e. The first-order chi connectivity index (χ1) is 9.78. The molecule has 0 N–H and O–H groups in total. The van der Waals surface area contributed by atoms with Crippen LogP contribution in [0.25, 0.3) is 11.2 Å². The van der Waals surface area contributed by atoms with E-state index in [1.54, 1.807) is 0 Å². The molecule has 2 aromatic heterocycles. The van der Waals surface area contributed by atoms with Crippen molar-refractivity contribution >= 4 is 22.8 Å². The molecule has 3 rings (SSSR count). The normalized spacial score (nSPS) is 16.3. The van der Waals surface area contributed by atoms with Crippen LogP contribution in [0.5, 0.6) is 0 Å². The van der Waals surface area contributed by atoms with Crippen LogP contribution in [0.4, 0.5) is 0 Å². The summed E-state index contributed by atoms with van der Waals surface area (Å²) in [7, 11) is 0. The Morgan fingerprint density at radius 2 is 2.15 bits per heavy atom. The lowest BCUT2D eigenvalue weighted by atomic mass is 10.0. The van der Waals surface area contributed by atoms with Gasteiger partial charge in [0.05, 0.1) is 0 Å². The van der Waals surface area contributed by atoms with Crippen molar-refractivity contribution in [3.8, 4) is 0 Å². The summed E-state index contributed by atoms with van der Waals surface area (Å²) in [6.07, 6.45) is 9.59. The maximum atomic E-state index is 5.92. The SMILES string of the molecule is Cc1cnc2c(c1)nc(CCCl)n2CCC1CCCC1.